The molecule has 7 nitrogen and oxygen atoms in total. The van der Waals surface area contributed by atoms with Crippen LogP contribution in [0.2, 0.25) is 0 Å². The molecule has 0 saturated carbocycles. The minimum atomic E-state index is -0.352. The molecule has 3 aromatic rings. The number of primary amides is 1. The van der Waals surface area contributed by atoms with Crippen LogP contribution in [0.3, 0.4) is 0 Å². The van der Waals surface area contributed by atoms with Crippen LogP contribution in [-0.4, -0.2) is 44.5 Å². The van der Waals surface area contributed by atoms with E-state index in [-0.39, 0.29) is 18.6 Å². The highest BCUT2D eigenvalue weighted by Crippen LogP contribution is 2.29. The summed E-state index contributed by atoms with van der Waals surface area (Å²) in [7, 11) is 0. The number of carbonyl (C=O) groups is 1. The van der Waals surface area contributed by atoms with E-state index in [9.17, 15) is 4.79 Å². The van der Waals surface area contributed by atoms with Gasteiger partial charge in [0.2, 0.25) is 5.91 Å². The van der Waals surface area contributed by atoms with Gasteiger partial charge < -0.3 is 15.0 Å². The Hall–Kier alpha value is -2.93. The van der Waals surface area contributed by atoms with Gasteiger partial charge in [-0.05, 0) is 38.0 Å². The lowest BCUT2D eigenvalue weighted by Crippen LogP contribution is -2.38. The Kier molecular flexibility index (Phi) is 5.25. The molecule has 1 aliphatic rings. The zero-order chi connectivity index (χ0) is 19.5. The molecule has 1 aliphatic heterocycles. The van der Waals surface area contributed by atoms with Gasteiger partial charge in [0, 0.05) is 43.6 Å². The maximum Gasteiger partial charge on any atom is 0.237 e. The first-order chi connectivity index (χ1) is 13.6. The van der Waals surface area contributed by atoms with E-state index in [1.54, 1.807) is 12.4 Å². The third-order valence-electron chi connectivity index (χ3n) is 5.28. The van der Waals surface area contributed by atoms with Gasteiger partial charge in [-0.15, -0.1) is 0 Å². The van der Waals surface area contributed by atoms with Crippen molar-refractivity contribution in [2.75, 3.05) is 13.1 Å². The molecule has 1 fully saturated rings. The van der Waals surface area contributed by atoms with Gasteiger partial charge in [-0.1, -0.05) is 6.07 Å². The van der Waals surface area contributed by atoms with Crippen molar-refractivity contribution in [1.82, 2.24) is 19.4 Å². The summed E-state index contributed by atoms with van der Waals surface area (Å²) in [6.07, 6.45) is 7.49. The summed E-state index contributed by atoms with van der Waals surface area (Å²) in [4.78, 5) is 22.4. The Labute approximate surface area is 164 Å². The number of benzene rings is 1. The Morgan fingerprint density at radius 1 is 1.21 bits per heavy atom. The second-order valence-electron chi connectivity index (χ2n) is 7.28. The molecule has 0 atom stereocenters. The lowest BCUT2D eigenvalue weighted by Gasteiger charge is -2.32. The smallest absolute Gasteiger partial charge is 0.237 e. The lowest BCUT2D eigenvalue weighted by molar-refractivity contribution is -0.118. The summed E-state index contributed by atoms with van der Waals surface area (Å²) in [6.45, 7) is 4.95. The summed E-state index contributed by atoms with van der Waals surface area (Å²) in [6, 6.07) is 7.92. The average molecular weight is 379 g/mol. The van der Waals surface area contributed by atoms with Crippen LogP contribution in [-0.2, 0) is 17.9 Å². The molecule has 1 saturated heterocycles. The highest BCUT2D eigenvalue weighted by atomic mass is 16.5. The molecule has 0 aliphatic carbocycles. The quantitative estimate of drug-likeness (QED) is 0.710. The number of piperidine rings is 1. The lowest BCUT2D eigenvalue weighted by atomic mass is 10.1. The fourth-order valence-corrected chi connectivity index (χ4v) is 3.77. The number of likely N-dealkylation sites (tertiary alicyclic amines) is 1. The maximum absolute atomic E-state index is 11.3. The van der Waals surface area contributed by atoms with Crippen molar-refractivity contribution in [1.29, 1.82) is 0 Å². The first-order valence-corrected chi connectivity index (χ1v) is 9.62. The predicted octanol–water partition coefficient (Wildman–Crippen LogP) is 2.27. The van der Waals surface area contributed by atoms with Gasteiger partial charge in [-0.2, -0.15) is 0 Å². The van der Waals surface area contributed by atoms with E-state index in [4.69, 9.17) is 10.5 Å². The Bertz CT molecular complexity index is 976. The minimum Gasteiger partial charge on any atom is -0.490 e. The number of rotatable bonds is 6. The SMILES string of the molecule is Cc1nccnc1CN1CCC(Oc2cccc3c2ccn3CC(N)=O)CC1. The number of hydrogen-bond acceptors (Lipinski definition) is 5. The molecule has 2 aromatic heterocycles. The Morgan fingerprint density at radius 3 is 2.75 bits per heavy atom. The third kappa shape index (κ3) is 3.99. The second-order valence-corrected chi connectivity index (χ2v) is 7.28. The molecule has 7 heteroatoms. The number of hydrogen-bond donors (Lipinski definition) is 1. The second kappa shape index (κ2) is 7.98. The predicted molar refractivity (Wildman–Crippen MR) is 107 cm³/mol. The molecule has 146 valence electrons. The topological polar surface area (TPSA) is 86.3 Å². The van der Waals surface area contributed by atoms with E-state index in [1.165, 1.54) is 0 Å². The van der Waals surface area contributed by atoms with Crippen LogP contribution in [0.1, 0.15) is 24.2 Å². The number of aromatic nitrogens is 3. The van der Waals surface area contributed by atoms with E-state index < -0.39 is 0 Å². The molecule has 0 unspecified atom stereocenters. The summed E-state index contributed by atoms with van der Waals surface area (Å²) >= 11 is 0. The third-order valence-corrected chi connectivity index (χ3v) is 5.28. The number of nitrogens with two attached hydrogens (primary N) is 1. The standard InChI is InChI=1S/C21H25N5O2/c1-15-18(24-9-8-23-15)13-25-10-5-16(6-11-25)28-20-4-2-3-19-17(20)7-12-26(19)14-21(22)27/h2-4,7-9,12,16H,5-6,10-11,13-14H2,1H3,(H2,22,27). The molecule has 4 rings (SSSR count). The van der Waals surface area contributed by atoms with Gasteiger partial charge in [0.1, 0.15) is 18.4 Å². The molecule has 1 aromatic carbocycles. The summed E-state index contributed by atoms with van der Waals surface area (Å²) < 4.78 is 8.18. The molecule has 2 N–H and O–H groups in total. The van der Waals surface area contributed by atoms with Crippen LogP contribution in [0.15, 0.2) is 42.9 Å². The monoisotopic (exact) mass is 379 g/mol. The molecular formula is C21H25N5O2. The van der Waals surface area contributed by atoms with Crippen molar-refractivity contribution in [3.63, 3.8) is 0 Å². The molecule has 0 radical (unpaired) electrons. The van der Waals surface area contributed by atoms with E-state index >= 15 is 0 Å². The minimum absolute atomic E-state index is 0.174. The first-order valence-electron chi connectivity index (χ1n) is 9.62. The number of amides is 1. The van der Waals surface area contributed by atoms with Gasteiger partial charge in [-0.3, -0.25) is 19.7 Å². The van der Waals surface area contributed by atoms with Crippen LogP contribution < -0.4 is 10.5 Å². The molecule has 0 spiro atoms. The van der Waals surface area contributed by atoms with Crippen molar-refractivity contribution >= 4 is 16.8 Å². The van der Waals surface area contributed by atoms with Crippen molar-refractivity contribution < 1.29 is 9.53 Å². The zero-order valence-corrected chi connectivity index (χ0v) is 16.0. The first kappa shape index (κ1) is 18.4. The van der Waals surface area contributed by atoms with Crippen LogP contribution >= 0.6 is 0 Å². The highest BCUT2D eigenvalue weighted by molar-refractivity contribution is 5.87. The summed E-state index contributed by atoms with van der Waals surface area (Å²) in [5, 5.41) is 1.02. The van der Waals surface area contributed by atoms with E-state index in [0.29, 0.717) is 0 Å². The van der Waals surface area contributed by atoms with Crippen molar-refractivity contribution in [2.45, 2.75) is 39.0 Å². The molecule has 1 amide bonds. The Morgan fingerprint density at radius 2 is 2.00 bits per heavy atom. The number of carbonyl (C=O) groups excluding carboxylic acids is 1. The van der Waals surface area contributed by atoms with Crippen LogP contribution in [0, 0.1) is 6.92 Å². The molecular weight excluding hydrogens is 354 g/mol. The van der Waals surface area contributed by atoms with Gasteiger partial charge >= 0.3 is 0 Å². The Balaban J connectivity index is 1.39. The number of nitrogens with zero attached hydrogens (tertiary/aromatic N) is 4. The number of aryl methyl sites for hydroxylation is 1. The largest absolute Gasteiger partial charge is 0.490 e. The summed E-state index contributed by atoms with van der Waals surface area (Å²) in [5.74, 6) is 0.512. The number of fused-ring (bicyclic) bond motifs is 1. The van der Waals surface area contributed by atoms with Gasteiger partial charge in [0.05, 0.1) is 16.9 Å². The van der Waals surface area contributed by atoms with E-state index in [0.717, 1.165) is 60.5 Å². The molecule has 0 bridgehead atoms. The maximum atomic E-state index is 11.3. The number of ether oxygens (including phenoxy) is 1. The van der Waals surface area contributed by atoms with Crippen molar-refractivity contribution in [3.05, 3.63) is 54.2 Å². The van der Waals surface area contributed by atoms with Gasteiger partial charge in [0.15, 0.2) is 0 Å². The zero-order valence-electron chi connectivity index (χ0n) is 16.0. The van der Waals surface area contributed by atoms with Crippen LogP contribution in [0.4, 0.5) is 0 Å². The van der Waals surface area contributed by atoms with Crippen LogP contribution in [0.5, 0.6) is 5.75 Å². The molecule has 3 heterocycles. The van der Waals surface area contributed by atoms with Crippen molar-refractivity contribution in [3.8, 4) is 5.75 Å². The highest BCUT2D eigenvalue weighted by Gasteiger charge is 2.22. The fourth-order valence-electron chi connectivity index (χ4n) is 3.77. The average Bonchev–Trinajstić information content (AvgIpc) is 3.08. The van der Waals surface area contributed by atoms with Crippen LogP contribution in [0.25, 0.3) is 10.9 Å². The van der Waals surface area contributed by atoms with Gasteiger partial charge in [0.25, 0.3) is 0 Å². The summed E-state index contributed by atoms with van der Waals surface area (Å²) in [5.41, 5.74) is 8.34. The molecule has 28 heavy (non-hydrogen) atoms. The fraction of sp³-hybridized carbons (Fsp3) is 0.381. The normalized spacial score (nSPS) is 15.8. The van der Waals surface area contributed by atoms with Crippen molar-refractivity contribution in [2.24, 2.45) is 5.73 Å². The van der Waals surface area contributed by atoms with E-state index in [2.05, 4.69) is 14.9 Å². The van der Waals surface area contributed by atoms with Gasteiger partial charge in [-0.25, -0.2) is 0 Å². The van der Waals surface area contributed by atoms with E-state index in [1.807, 2.05) is 42.0 Å².